The third kappa shape index (κ3) is 7.05. The van der Waals surface area contributed by atoms with Gasteiger partial charge in [-0.05, 0) is 0 Å². The maximum atomic E-state index is 2.94. The van der Waals surface area contributed by atoms with Gasteiger partial charge in [0.1, 0.15) is 0 Å². The van der Waals surface area contributed by atoms with Crippen LogP contribution in [0, 0.1) is 0 Å². The molecule has 0 aliphatic rings. The molecule has 0 N–H and O–H groups in total. The summed E-state index contributed by atoms with van der Waals surface area (Å²) in [5.74, 6) is 0. The van der Waals surface area contributed by atoms with Gasteiger partial charge in [0.05, 0.1) is 0 Å². The Bertz CT molecular complexity index is 27.3. The molecule has 0 rings (SSSR count). The fourth-order valence-electron chi connectivity index (χ4n) is 0.434. The van der Waals surface area contributed by atoms with E-state index in [2.05, 4.69) is 24.7 Å². The van der Waals surface area contributed by atoms with Crippen LogP contribution < -0.4 is 0 Å². The zero-order chi connectivity index (χ0) is 5.54. The van der Waals surface area contributed by atoms with Crippen molar-refractivity contribution >= 4 is 6.91 Å². The first-order valence-electron chi connectivity index (χ1n) is 2.73. The van der Waals surface area contributed by atoms with Crippen molar-refractivity contribution in [2.45, 2.75) is 26.2 Å². The van der Waals surface area contributed by atoms with Gasteiger partial charge in [0, 0.05) is 0 Å². The van der Waals surface area contributed by atoms with Gasteiger partial charge < -0.3 is 0 Å². The van der Waals surface area contributed by atoms with Gasteiger partial charge in [-0.15, -0.1) is 0 Å². The van der Waals surface area contributed by atoms with Crippen molar-refractivity contribution in [3.63, 3.8) is 0 Å². The molecule has 0 amide bonds. The molecule has 0 bridgehead atoms. The van der Waals surface area contributed by atoms with Crippen LogP contribution in [0.1, 0.15) is 26.2 Å². The maximum absolute atomic E-state index is 2.94. The Balaban J connectivity index is 2.45. The molecule has 0 fully saturated rings. The molecular weight excluding hydrogens is 194 g/mol. The van der Waals surface area contributed by atoms with E-state index in [0.29, 0.717) is 0 Å². The minimum atomic E-state index is 1.06. The van der Waals surface area contributed by atoms with E-state index in [4.69, 9.17) is 0 Å². The van der Waals surface area contributed by atoms with Crippen molar-refractivity contribution in [1.29, 1.82) is 0 Å². The molecule has 0 spiro atoms. The standard InChI is InChI=1S/C5H12P.Rh/c1-2-3-4-5-6;/h6H,2-5H2,1H3;/q-1;+1. The van der Waals surface area contributed by atoms with E-state index in [0.717, 1.165) is 6.91 Å². The van der Waals surface area contributed by atoms with Gasteiger partial charge in [0.15, 0.2) is 0 Å². The molecule has 0 saturated heterocycles. The Labute approximate surface area is 57.4 Å². The fraction of sp³-hybridized carbons (Fsp3) is 1.00. The SMILES string of the molecule is CCCCC[PH][Rh]. The van der Waals surface area contributed by atoms with E-state index < -0.39 is 0 Å². The summed E-state index contributed by atoms with van der Waals surface area (Å²) in [6.45, 7) is 3.30. The summed E-state index contributed by atoms with van der Waals surface area (Å²) in [6.07, 6.45) is 5.59. The molecule has 0 aromatic carbocycles. The first-order valence-corrected chi connectivity index (χ1v) is 6.23. The molecule has 0 aromatic rings. The van der Waals surface area contributed by atoms with E-state index in [1.54, 1.807) is 0 Å². The average Bonchev–Trinajstić information content (AvgIpc) is 1.69. The van der Waals surface area contributed by atoms with Crippen molar-refractivity contribution in [3.05, 3.63) is 0 Å². The molecule has 1 atom stereocenters. The molecule has 7 heavy (non-hydrogen) atoms. The van der Waals surface area contributed by atoms with Gasteiger partial charge >= 0.3 is 57.1 Å². The van der Waals surface area contributed by atoms with Crippen molar-refractivity contribution in [2.24, 2.45) is 0 Å². The summed E-state index contributed by atoms with van der Waals surface area (Å²) < 4.78 is 0. The van der Waals surface area contributed by atoms with Gasteiger partial charge in [-0.25, -0.2) is 0 Å². The average molecular weight is 206 g/mol. The van der Waals surface area contributed by atoms with Crippen LogP contribution in [0.15, 0.2) is 0 Å². The number of unbranched alkanes of at least 4 members (excludes halogenated alkanes) is 2. The normalized spacial score (nSPS) is 11.3. The molecule has 0 heterocycles. The first-order chi connectivity index (χ1) is 3.41. The molecule has 0 saturated carbocycles. The van der Waals surface area contributed by atoms with Crippen molar-refractivity contribution < 1.29 is 17.8 Å². The molecule has 1 unspecified atom stereocenters. The van der Waals surface area contributed by atoms with Crippen LogP contribution in [0.4, 0.5) is 0 Å². The van der Waals surface area contributed by atoms with E-state index in [-0.39, 0.29) is 0 Å². The fourth-order valence-corrected chi connectivity index (χ4v) is 1.67. The topological polar surface area (TPSA) is 0 Å². The molecule has 0 radical (unpaired) electrons. The van der Waals surface area contributed by atoms with Crippen LogP contribution in [0.25, 0.3) is 0 Å². The predicted octanol–water partition coefficient (Wildman–Crippen LogP) is 2.32. The molecule has 46 valence electrons. The Hall–Kier alpha value is 1.05. The molecule has 0 aromatic heterocycles. The van der Waals surface area contributed by atoms with Crippen LogP contribution >= 0.6 is 6.91 Å². The van der Waals surface area contributed by atoms with Crippen LogP contribution in [-0.4, -0.2) is 6.16 Å². The van der Waals surface area contributed by atoms with E-state index in [9.17, 15) is 0 Å². The number of hydrogen-bond donors (Lipinski definition) is 0. The van der Waals surface area contributed by atoms with Crippen molar-refractivity contribution in [1.82, 2.24) is 0 Å². The van der Waals surface area contributed by atoms with E-state index >= 15 is 0 Å². The second-order valence-electron chi connectivity index (χ2n) is 1.57. The zero-order valence-electron chi connectivity index (χ0n) is 4.66. The van der Waals surface area contributed by atoms with E-state index in [1.165, 1.54) is 25.4 Å². The van der Waals surface area contributed by atoms with Gasteiger partial charge in [0.2, 0.25) is 0 Å². The summed E-state index contributed by atoms with van der Waals surface area (Å²) in [6, 6.07) is 0. The zero-order valence-corrected chi connectivity index (χ0v) is 7.30. The van der Waals surface area contributed by atoms with Crippen LogP contribution in [-0.2, 0) is 17.8 Å². The predicted molar refractivity (Wildman–Crippen MR) is 32.7 cm³/mol. The Morgan fingerprint density at radius 2 is 2.14 bits per heavy atom. The summed E-state index contributed by atoms with van der Waals surface area (Å²) >= 11 is 2.94. The number of hydrogen-bond acceptors (Lipinski definition) is 0. The van der Waals surface area contributed by atoms with Gasteiger partial charge in [-0.3, -0.25) is 0 Å². The van der Waals surface area contributed by atoms with Crippen LogP contribution in [0.3, 0.4) is 0 Å². The van der Waals surface area contributed by atoms with Gasteiger partial charge in [-0.1, -0.05) is 0 Å². The monoisotopic (exact) mass is 206 g/mol. The second kappa shape index (κ2) is 7.05. The van der Waals surface area contributed by atoms with Crippen LogP contribution in [0.5, 0.6) is 0 Å². The molecule has 0 aliphatic heterocycles. The van der Waals surface area contributed by atoms with E-state index in [1.807, 2.05) is 0 Å². The molecular formula is C5H12PRh. The third-order valence-electron chi connectivity index (χ3n) is 0.864. The quantitative estimate of drug-likeness (QED) is 0.376. The number of rotatable bonds is 4. The molecule has 2 heteroatoms. The summed E-state index contributed by atoms with van der Waals surface area (Å²) in [4.78, 5) is 0. The minimum absolute atomic E-state index is 1.06. The summed E-state index contributed by atoms with van der Waals surface area (Å²) in [5, 5.41) is 0. The Kier molecular flexibility index (Phi) is 8.11. The Morgan fingerprint density at radius 3 is 2.57 bits per heavy atom. The third-order valence-corrected chi connectivity index (χ3v) is 2.61. The van der Waals surface area contributed by atoms with Gasteiger partial charge in [-0.2, -0.15) is 0 Å². The van der Waals surface area contributed by atoms with Crippen molar-refractivity contribution in [2.75, 3.05) is 6.16 Å². The summed E-state index contributed by atoms with van der Waals surface area (Å²) in [5.41, 5.74) is 0. The second-order valence-corrected chi connectivity index (χ2v) is 4.05. The summed E-state index contributed by atoms with van der Waals surface area (Å²) in [7, 11) is 0. The molecule has 0 nitrogen and oxygen atoms in total. The van der Waals surface area contributed by atoms with Crippen LogP contribution in [0.2, 0.25) is 0 Å². The first kappa shape index (κ1) is 8.05. The molecule has 0 aliphatic carbocycles. The van der Waals surface area contributed by atoms with Gasteiger partial charge in [0.25, 0.3) is 0 Å². The Morgan fingerprint density at radius 1 is 1.43 bits per heavy atom. The van der Waals surface area contributed by atoms with Crippen molar-refractivity contribution in [3.8, 4) is 0 Å².